The summed E-state index contributed by atoms with van der Waals surface area (Å²) < 4.78 is 4.80. The number of hydrogen-bond donors (Lipinski definition) is 1. The van der Waals surface area contributed by atoms with Crippen LogP contribution in [0.4, 0.5) is 0 Å². The van der Waals surface area contributed by atoms with E-state index < -0.39 is 0 Å². The van der Waals surface area contributed by atoms with E-state index in [2.05, 4.69) is 27.0 Å². The van der Waals surface area contributed by atoms with Gasteiger partial charge in [0.1, 0.15) is 5.78 Å². The SMILES string of the molecule is C=C/C=C(\C=C)[C@H](C)N.CC.CC.COC(=O)C(C/C=C/CC(C(C)=O)C(C)C)C(C)C. The topological polar surface area (TPSA) is 69.4 Å². The summed E-state index contributed by atoms with van der Waals surface area (Å²) in [7, 11) is 1.42. The number of ketones is 1. The van der Waals surface area contributed by atoms with Crippen LogP contribution in [0.3, 0.4) is 0 Å². The van der Waals surface area contributed by atoms with Crippen molar-refractivity contribution in [1.82, 2.24) is 0 Å². The van der Waals surface area contributed by atoms with E-state index in [0.717, 1.165) is 12.0 Å². The Morgan fingerprint density at radius 1 is 0.875 bits per heavy atom. The van der Waals surface area contributed by atoms with Crippen molar-refractivity contribution in [3.8, 4) is 0 Å². The van der Waals surface area contributed by atoms with Crippen molar-refractivity contribution in [3.05, 3.63) is 49.1 Å². The predicted octanol–water partition coefficient (Wildman–Crippen LogP) is 7.31. The predicted molar refractivity (Wildman–Crippen MR) is 143 cm³/mol. The highest BCUT2D eigenvalue weighted by Gasteiger charge is 2.21. The van der Waals surface area contributed by atoms with Gasteiger partial charge in [-0.2, -0.15) is 0 Å². The lowest BCUT2D eigenvalue weighted by Gasteiger charge is -2.17. The van der Waals surface area contributed by atoms with Crippen LogP contribution in [0.2, 0.25) is 0 Å². The molecule has 0 aromatic rings. The molecule has 3 atom stereocenters. The van der Waals surface area contributed by atoms with Gasteiger partial charge in [0, 0.05) is 12.0 Å². The Morgan fingerprint density at radius 3 is 1.50 bits per heavy atom. The molecule has 2 N–H and O–H groups in total. The third-order valence-corrected chi connectivity index (χ3v) is 4.65. The third kappa shape index (κ3) is 20.0. The van der Waals surface area contributed by atoms with Crippen LogP contribution in [0.25, 0.3) is 0 Å². The van der Waals surface area contributed by atoms with Crippen LogP contribution in [0, 0.1) is 23.7 Å². The second-order valence-electron chi connectivity index (χ2n) is 7.67. The van der Waals surface area contributed by atoms with Gasteiger partial charge in [-0.25, -0.2) is 0 Å². The second-order valence-corrected chi connectivity index (χ2v) is 7.67. The number of carbonyl (C=O) groups is 2. The Bertz CT molecular complexity index is 543. The first-order valence-corrected chi connectivity index (χ1v) is 12.0. The van der Waals surface area contributed by atoms with E-state index in [1.165, 1.54) is 7.11 Å². The lowest BCUT2D eigenvalue weighted by atomic mass is 9.88. The van der Waals surface area contributed by atoms with E-state index in [9.17, 15) is 9.59 Å². The van der Waals surface area contributed by atoms with Crippen molar-refractivity contribution in [2.75, 3.05) is 7.11 Å². The molecule has 2 unspecified atom stereocenters. The van der Waals surface area contributed by atoms with Gasteiger partial charge in [0.25, 0.3) is 0 Å². The zero-order valence-corrected chi connectivity index (χ0v) is 22.9. The molecular weight excluding hydrogens is 398 g/mol. The molecular formula is C28H53NO3. The van der Waals surface area contributed by atoms with Gasteiger partial charge in [0.15, 0.2) is 0 Å². The summed E-state index contributed by atoms with van der Waals surface area (Å²) in [4.78, 5) is 23.1. The van der Waals surface area contributed by atoms with Crippen molar-refractivity contribution in [2.45, 2.75) is 88.1 Å². The number of ether oxygens (including phenoxy) is 1. The molecule has 0 saturated carbocycles. The molecule has 0 bridgehead atoms. The zero-order chi connectivity index (χ0) is 26.3. The number of methoxy groups -OCH3 is 1. The van der Waals surface area contributed by atoms with Gasteiger partial charge in [-0.05, 0) is 44.1 Å². The van der Waals surface area contributed by atoms with E-state index in [1.807, 2.05) is 66.7 Å². The molecule has 0 aliphatic heterocycles. The maximum Gasteiger partial charge on any atom is 0.309 e. The third-order valence-electron chi connectivity index (χ3n) is 4.65. The average Bonchev–Trinajstić information content (AvgIpc) is 2.76. The summed E-state index contributed by atoms with van der Waals surface area (Å²) in [6.45, 7) is 26.9. The number of allylic oxidation sites excluding steroid dienone is 4. The highest BCUT2D eigenvalue weighted by molar-refractivity contribution is 5.78. The Kier molecular flexibility index (Phi) is 29.6. The molecule has 0 heterocycles. The highest BCUT2D eigenvalue weighted by atomic mass is 16.5. The normalized spacial score (nSPS) is 13.4. The number of nitrogens with two attached hydrogens (primary N) is 1. The summed E-state index contributed by atoms with van der Waals surface area (Å²) in [5.41, 5.74) is 6.56. The average molecular weight is 452 g/mol. The molecule has 0 aromatic heterocycles. The van der Waals surface area contributed by atoms with Gasteiger partial charge >= 0.3 is 5.97 Å². The molecule has 188 valence electrons. The minimum atomic E-state index is -0.161. The van der Waals surface area contributed by atoms with Crippen LogP contribution in [0.15, 0.2) is 49.1 Å². The summed E-state index contributed by atoms with van der Waals surface area (Å²) in [6.07, 6.45) is 10.8. The Morgan fingerprint density at radius 2 is 1.28 bits per heavy atom. The van der Waals surface area contributed by atoms with Crippen LogP contribution in [0.5, 0.6) is 0 Å². The fourth-order valence-corrected chi connectivity index (χ4v) is 2.73. The Labute approximate surface area is 200 Å². The quantitative estimate of drug-likeness (QED) is 0.203. The molecule has 0 saturated heterocycles. The van der Waals surface area contributed by atoms with Gasteiger partial charge in [0.2, 0.25) is 0 Å². The van der Waals surface area contributed by atoms with E-state index >= 15 is 0 Å². The molecule has 0 rings (SSSR count). The first-order chi connectivity index (χ1) is 15.0. The van der Waals surface area contributed by atoms with E-state index in [-0.39, 0.29) is 35.5 Å². The van der Waals surface area contributed by atoms with Gasteiger partial charge in [0.05, 0.1) is 13.0 Å². The fraction of sp³-hybridized carbons (Fsp3) is 0.643. The van der Waals surface area contributed by atoms with Crippen LogP contribution in [0.1, 0.15) is 82.1 Å². The van der Waals surface area contributed by atoms with Crippen molar-refractivity contribution >= 4 is 11.8 Å². The van der Waals surface area contributed by atoms with Crippen LogP contribution in [-0.4, -0.2) is 24.9 Å². The summed E-state index contributed by atoms with van der Waals surface area (Å²) in [6, 6.07) is 0.0560. The lowest BCUT2D eigenvalue weighted by Crippen LogP contribution is -2.21. The molecule has 0 radical (unpaired) electrons. The van der Waals surface area contributed by atoms with Crippen molar-refractivity contribution < 1.29 is 14.3 Å². The number of hydrogen-bond acceptors (Lipinski definition) is 4. The maximum absolute atomic E-state index is 11.6. The van der Waals surface area contributed by atoms with Gasteiger partial charge < -0.3 is 10.5 Å². The molecule has 0 fully saturated rings. The number of rotatable bonds is 11. The van der Waals surface area contributed by atoms with Gasteiger partial charge in [-0.3, -0.25) is 9.59 Å². The molecule has 0 spiro atoms. The Hall–Kier alpha value is -1.94. The molecule has 32 heavy (non-hydrogen) atoms. The molecule has 4 heteroatoms. The van der Waals surface area contributed by atoms with Crippen molar-refractivity contribution in [2.24, 2.45) is 29.4 Å². The second kappa shape index (κ2) is 25.3. The minimum Gasteiger partial charge on any atom is -0.469 e. The van der Waals surface area contributed by atoms with Crippen molar-refractivity contribution in [1.29, 1.82) is 0 Å². The Balaban J connectivity index is -0.000000252. The molecule has 0 aliphatic rings. The molecule has 4 nitrogen and oxygen atoms in total. The standard InChI is InChI=1S/C16H28O3.C8H13N.2C2H6/c1-11(2)14(13(5)17)9-7-8-10-15(12(3)4)16(18)19-6;1-4-6-8(5-2)7(3)9;2*1-2/h7-8,11-12,14-15H,9-10H2,1-6H3;4-7H,1-2,9H2,3H3;2*1-2H3/b8-7+;8-6+;;/t;7-;;/m.0../s1. The summed E-state index contributed by atoms with van der Waals surface area (Å²) in [5, 5.41) is 0. The molecule has 0 aliphatic carbocycles. The zero-order valence-electron chi connectivity index (χ0n) is 22.9. The maximum atomic E-state index is 11.6. The van der Waals surface area contributed by atoms with E-state index in [0.29, 0.717) is 12.3 Å². The van der Waals surface area contributed by atoms with E-state index in [4.69, 9.17) is 10.5 Å². The van der Waals surface area contributed by atoms with Gasteiger partial charge in [-0.1, -0.05) is 98.9 Å². The molecule has 0 amide bonds. The summed E-state index contributed by atoms with van der Waals surface area (Å²) in [5.74, 6) is 0.650. The van der Waals surface area contributed by atoms with E-state index in [1.54, 1.807) is 19.1 Å². The minimum absolute atomic E-state index is 0.0560. The number of Topliss-reactive ketones (excluding diaryl/α,β-unsaturated/α-hetero) is 1. The first-order valence-electron chi connectivity index (χ1n) is 12.0. The largest absolute Gasteiger partial charge is 0.469 e. The smallest absolute Gasteiger partial charge is 0.309 e. The van der Waals surface area contributed by atoms with Crippen LogP contribution in [-0.2, 0) is 14.3 Å². The van der Waals surface area contributed by atoms with Crippen LogP contribution >= 0.6 is 0 Å². The van der Waals surface area contributed by atoms with Gasteiger partial charge in [-0.15, -0.1) is 0 Å². The van der Waals surface area contributed by atoms with Crippen molar-refractivity contribution in [3.63, 3.8) is 0 Å². The van der Waals surface area contributed by atoms with Crippen LogP contribution < -0.4 is 5.73 Å². The molecule has 0 aromatic carbocycles. The lowest BCUT2D eigenvalue weighted by molar-refractivity contribution is -0.146. The number of esters is 1. The summed E-state index contributed by atoms with van der Waals surface area (Å²) >= 11 is 0. The fourth-order valence-electron chi connectivity index (χ4n) is 2.73. The first kappa shape index (κ1) is 37.4. The number of carbonyl (C=O) groups excluding carboxylic acids is 2. The monoisotopic (exact) mass is 451 g/mol. The highest BCUT2D eigenvalue weighted by Crippen LogP contribution is 2.20.